The molecule has 1 saturated carbocycles. The van der Waals surface area contributed by atoms with Crippen molar-refractivity contribution < 1.29 is 9.90 Å². The standard InChI is InChI=1S/C14H13N3O2S2/c18-12(16-6-14(19,7-16)8-1-2-8)10-5-9-11(21-10)15-13-17(9)3-4-20-13/h3-5,8,19H,1-2,6-7H2. The molecule has 0 radical (unpaired) electrons. The van der Waals surface area contributed by atoms with E-state index >= 15 is 0 Å². The molecule has 5 nitrogen and oxygen atoms in total. The average molecular weight is 319 g/mol. The highest BCUT2D eigenvalue weighted by Gasteiger charge is 2.53. The van der Waals surface area contributed by atoms with Gasteiger partial charge in [0.2, 0.25) is 0 Å². The Balaban J connectivity index is 1.44. The molecule has 0 atom stereocenters. The molecule has 2 aliphatic rings. The summed E-state index contributed by atoms with van der Waals surface area (Å²) in [7, 11) is 0. The largest absolute Gasteiger partial charge is 0.386 e. The fraction of sp³-hybridized carbons (Fsp3) is 0.429. The van der Waals surface area contributed by atoms with Crippen molar-refractivity contribution in [1.29, 1.82) is 0 Å². The Morgan fingerprint density at radius 2 is 2.24 bits per heavy atom. The molecule has 5 rings (SSSR count). The lowest BCUT2D eigenvalue weighted by Crippen LogP contribution is -2.64. The number of rotatable bonds is 2. The fourth-order valence-corrected chi connectivity index (χ4v) is 4.91. The molecule has 1 N–H and O–H groups in total. The van der Waals surface area contributed by atoms with Crippen molar-refractivity contribution in [1.82, 2.24) is 14.3 Å². The van der Waals surface area contributed by atoms with Gasteiger partial charge in [0.05, 0.1) is 23.5 Å². The molecule has 21 heavy (non-hydrogen) atoms. The second kappa shape index (κ2) is 3.85. The molecule has 0 spiro atoms. The van der Waals surface area contributed by atoms with Crippen LogP contribution in [0.1, 0.15) is 22.5 Å². The first kappa shape index (κ1) is 12.1. The van der Waals surface area contributed by atoms with Crippen LogP contribution in [0, 0.1) is 5.92 Å². The maximum atomic E-state index is 12.5. The maximum absolute atomic E-state index is 12.5. The lowest BCUT2D eigenvalue weighted by atomic mass is 9.88. The number of aromatic nitrogens is 2. The molecule has 0 unspecified atom stereocenters. The van der Waals surface area contributed by atoms with Crippen molar-refractivity contribution in [2.75, 3.05) is 13.1 Å². The van der Waals surface area contributed by atoms with Crippen molar-refractivity contribution in [2.45, 2.75) is 18.4 Å². The summed E-state index contributed by atoms with van der Waals surface area (Å²) in [5, 5.41) is 12.3. The second-order valence-corrected chi connectivity index (χ2v) is 7.91. The Labute approximate surface area is 128 Å². The first-order valence-electron chi connectivity index (χ1n) is 7.01. The number of carbonyl (C=O) groups is 1. The van der Waals surface area contributed by atoms with Gasteiger partial charge in [0.25, 0.3) is 5.91 Å². The van der Waals surface area contributed by atoms with Crippen molar-refractivity contribution in [3.8, 4) is 0 Å². The summed E-state index contributed by atoms with van der Waals surface area (Å²) >= 11 is 3.03. The number of hydrogen-bond donors (Lipinski definition) is 1. The van der Waals surface area contributed by atoms with E-state index in [2.05, 4.69) is 4.98 Å². The van der Waals surface area contributed by atoms with E-state index in [-0.39, 0.29) is 5.91 Å². The molecular weight excluding hydrogens is 306 g/mol. The van der Waals surface area contributed by atoms with Crippen LogP contribution in [0.4, 0.5) is 0 Å². The third-order valence-electron chi connectivity index (χ3n) is 4.50. The number of aliphatic hydroxyl groups is 1. The molecule has 0 bridgehead atoms. The summed E-state index contributed by atoms with van der Waals surface area (Å²) in [5.74, 6) is 0.432. The van der Waals surface area contributed by atoms with Crippen molar-refractivity contribution >= 4 is 43.9 Å². The molecule has 7 heteroatoms. The van der Waals surface area contributed by atoms with Crippen LogP contribution in [0.3, 0.4) is 0 Å². The van der Waals surface area contributed by atoms with Gasteiger partial charge in [0.1, 0.15) is 10.4 Å². The highest BCUT2D eigenvalue weighted by molar-refractivity contribution is 7.21. The Kier molecular flexibility index (Phi) is 2.22. The van der Waals surface area contributed by atoms with Gasteiger partial charge in [-0.25, -0.2) is 4.98 Å². The zero-order valence-electron chi connectivity index (χ0n) is 11.2. The second-order valence-electron chi connectivity index (χ2n) is 6.01. The summed E-state index contributed by atoms with van der Waals surface area (Å²) in [5.41, 5.74) is 0.382. The first-order valence-corrected chi connectivity index (χ1v) is 8.70. The number of amides is 1. The Bertz CT molecular complexity index is 867. The first-order chi connectivity index (χ1) is 10.1. The van der Waals surface area contributed by atoms with E-state index in [1.165, 1.54) is 11.3 Å². The van der Waals surface area contributed by atoms with Crippen LogP contribution in [-0.4, -0.2) is 44.0 Å². The van der Waals surface area contributed by atoms with E-state index in [1.807, 2.05) is 22.0 Å². The number of β-amino-alcohol motifs (C(OH)–C–C–N with tert-alkyl or cyclic N) is 1. The summed E-state index contributed by atoms with van der Waals surface area (Å²) in [6.07, 6.45) is 4.18. The van der Waals surface area contributed by atoms with E-state index in [0.29, 0.717) is 23.9 Å². The zero-order valence-corrected chi connectivity index (χ0v) is 12.8. The van der Waals surface area contributed by atoms with E-state index in [4.69, 9.17) is 0 Å². The van der Waals surface area contributed by atoms with Gasteiger partial charge in [-0.15, -0.1) is 22.7 Å². The van der Waals surface area contributed by atoms with Crippen LogP contribution in [0.2, 0.25) is 0 Å². The molecule has 1 aliphatic carbocycles. The van der Waals surface area contributed by atoms with Gasteiger partial charge < -0.3 is 10.0 Å². The van der Waals surface area contributed by atoms with Crippen LogP contribution in [0.15, 0.2) is 17.6 Å². The normalized spacial score (nSPS) is 21.1. The lowest BCUT2D eigenvalue weighted by Gasteiger charge is -2.46. The van der Waals surface area contributed by atoms with Gasteiger partial charge in [-0.3, -0.25) is 9.20 Å². The smallest absolute Gasteiger partial charge is 0.264 e. The van der Waals surface area contributed by atoms with Gasteiger partial charge in [-0.2, -0.15) is 0 Å². The Morgan fingerprint density at radius 1 is 1.43 bits per heavy atom. The molecule has 1 saturated heterocycles. The van der Waals surface area contributed by atoms with Crippen molar-refractivity contribution in [3.05, 3.63) is 22.5 Å². The van der Waals surface area contributed by atoms with Crippen molar-refractivity contribution in [2.24, 2.45) is 5.92 Å². The number of thiophene rings is 1. The number of thiazole rings is 1. The number of likely N-dealkylation sites (tertiary alicyclic amines) is 1. The molecule has 1 amide bonds. The quantitative estimate of drug-likeness (QED) is 0.788. The number of fused-ring (bicyclic) bond motifs is 3. The SMILES string of the molecule is O=C(c1cc2c(nc3sccn32)s1)N1CC(O)(C2CC2)C1. The van der Waals surface area contributed by atoms with Gasteiger partial charge in [0.15, 0.2) is 4.96 Å². The third-order valence-corrected chi connectivity index (χ3v) is 6.27. The Morgan fingerprint density at radius 3 is 3.00 bits per heavy atom. The van der Waals surface area contributed by atoms with Gasteiger partial charge >= 0.3 is 0 Å². The van der Waals surface area contributed by atoms with Crippen LogP contribution >= 0.6 is 22.7 Å². The minimum Gasteiger partial charge on any atom is -0.386 e. The molecule has 108 valence electrons. The number of nitrogens with zero attached hydrogens (tertiary/aromatic N) is 3. The highest BCUT2D eigenvalue weighted by Crippen LogP contribution is 2.45. The number of carbonyl (C=O) groups excluding carboxylic acids is 1. The minimum absolute atomic E-state index is 0.0207. The van der Waals surface area contributed by atoms with Gasteiger partial charge in [-0.1, -0.05) is 0 Å². The molecule has 4 heterocycles. The maximum Gasteiger partial charge on any atom is 0.264 e. The number of hydrogen-bond acceptors (Lipinski definition) is 5. The van der Waals surface area contributed by atoms with Gasteiger partial charge in [-0.05, 0) is 24.8 Å². The zero-order chi connectivity index (χ0) is 14.2. The summed E-state index contributed by atoms with van der Waals surface area (Å²) in [4.78, 5) is 21.3. The number of imidazole rings is 1. The van der Waals surface area contributed by atoms with Crippen LogP contribution in [0.25, 0.3) is 15.3 Å². The molecule has 3 aromatic rings. The van der Waals surface area contributed by atoms with E-state index in [1.54, 1.807) is 16.2 Å². The topological polar surface area (TPSA) is 57.8 Å². The summed E-state index contributed by atoms with van der Waals surface area (Å²) in [6.45, 7) is 0.958. The molecule has 2 fully saturated rings. The average Bonchev–Trinajstić information content (AvgIpc) is 2.92. The summed E-state index contributed by atoms with van der Waals surface area (Å²) < 4.78 is 2.02. The molecule has 3 aromatic heterocycles. The fourth-order valence-electron chi connectivity index (χ4n) is 3.15. The monoisotopic (exact) mass is 319 g/mol. The minimum atomic E-state index is -0.616. The lowest BCUT2D eigenvalue weighted by molar-refractivity contribution is -0.0956. The Hall–Kier alpha value is -1.44. The molecule has 1 aliphatic heterocycles. The summed E-state index contributed by atoms with van der Waals surface area (Å²) in [6, 6.07) is 1.92. The van der Waals surface area contributed by atoms with Crippen molar-refractivity contribution in [3.63, 3.8) is 0 Å². The third kappa shape index (κ3) is 1.65. The van der Waals surface area contributed by atoms with Crippen LogP contribution < -0.4 is 0 Å². The molecule has 0 aromatic carbocycles. The predicted molar refractivity (Wildman–Crippen MR) is 82.0 cm³/mol. The molecular formula is C14H13N3O2S2. The van der Waals surface area contributed by atoms with E-state index < -0.39 is 5.60 Å². The van der Waals surface area contributed by atoms with E-state index in [0.717, 1.165) is 28.1 Å². The van der Waals surface area contributed by atoms with Crippen LogP contribution in [-0.2, 0) is 0 Å². The van der Waals surface area contributed by atoms with E-state index in [9.17, 15) is 9.90 Å². The van der Waals surface area contributed by atoms with Gasteiger partial charge in [0, 0.05) is 11.6 Å². The van der Waals surface area contributed by atoms with Crippen LogP contribution in [0.5, 0.6) is 0 Å². The highest BCUT2D eigenvalue weighted by atomic mass is 32.1. The predicted octanol–water partition coefficient (Wildman–Crippen LogP) is 2.21.